The standard InChI is InChI=1S/C19H17FN2O3/c1-13-3-2-4-17(9-13)24-12-19(23)21-11-16-10-18(25-22-16)14-5-7-15(20)8-6-14/h2-10H,11-12H2,1H3,(H,21,23). The minimum Gasteiger partial charge on any atom is -0.484 e. The molecule has 0 bridgehead atoms. The van der Waals surface area contributed by atoms with E-state index in [0.717, 1.165) is 5.56 Å². The predicted molar refractivity (Wildman–Crippen MR) is 90.4 cm³/mol. The SMILES string of the molecule is Cc1cccc(OCC(=O)NCc2cc(-c3ccc(F)cc3)on2)c1. The number of ether oxygens (including phenoxy) is 1. The highest BCUT2D eigenvalue weighted by Crippen LogP contribution is 2.20. The van der Waals surface area contributed by atoms with Gasteiger partial charge in [0.25, 0.3) is 5.91 Å². The first kappa shape index (κ1) is 16.7. The van der Waals surface area contributed by atoms with Crippen molar-refractivity contribution in [2.75, 3.05) is 6.61 Å². The van der Waals surface area contributed by atoms with Crippen molar-refractivity contribution in [3.8, 4) is 17.1 Å². The maximum Gasteiger partial charge on any atom is 0.258 e. The van der Waals surface area contributed by atoms with E-state index in [4.69, 9.17) is 9.26 Å². The molecule has 0 unspecified atom stereocenters. The second-order valence-electron chi connectivity index (χ2n) is 5.57. The van der Waals surface area contributed by atoms with Gasteiger partial charge in [-0.25, -0.2) is 4.39 Å². The van der Waals surface area contributed by atoms with Gasteiger partial charge in [0, 0.05) is 11.6 Å². The molecule has 0 fully saturated rings. The molecule has 2 aromatic carbocycles. The second kappa shape index (κ2) is 7.61. The number of carbonyl (C=O) groups is 1. The van der Waals surface area contributed by atoms with E-state index in [1.165, 1.54) is 12.1 Å². The molecule has 128 valence electrons. The molecule has 1 N–H and O–H groups in total. The highest BCUT2D eigenvalue weighted by molar-refractivity contribution is 5.77. The molecule has 0 aliphatic carbocycles. The minimum absolute atomic E-state index is 0.0773. The molecule has 1 heterocycles. The Balaban J connectivity index is 1.50. The third-order valence-electron chi connectivity index (χ3n) is 3.51. The van der Waals surface area contributed by atoms with Gasteiger partial charge in [0.05, 0.1) is 6.54 Å². The Bertz CT molecular complexity index is 859. The summed E-state index contributed by atoms with van der Waals surface area (Å²) < 4.78 is 23.6. The molecule has 0 radical (unpaired) electrons. The molecule has 0 saturated carbocycles. The van der Waals surface area contributed by atoms with Gasteiger partial charge < -0.3 is 14.6 Å². The summed E-state index contributed by atoms with van der Waals surface area (Å²) in [4.78, 5) is 11.9. The maximum atomic E-state index is 12.9. The van der Waals surface area contributed by atoms with E-state index < -0.39 is 0 Å². The quantitative estimate of drug-likeness (QED) is 0.746. The Labute approximate surface area is 144 Å². The number of carbonyl (C=O) groups excluding carboxylic acids is 1. The van der Waals surface area contributed by atoms with Crippen LogP contribution < -0.4 is 10.1 Å². The molecular weight excluding hydrogens is 323 g/mol. The van der Waals surface area contributed by atoms with Crippen LogP contribution in [-0.2, 0) is 11.3 Å². The monoisotopic (exact) mass is 340 g/mol. The molecule has 0 saturated heterocycles. The zero-order chi connectivity index (χ0) is 17.6. The van der Waals surface area contributed by atoms with Crippen molar-refractivity contribution in [3.63, 3.8) is 0 Å². The zero-order valence-corrected chi connectivity index (χ0v) is 13.7. The van der Waals surface area contributed by atoms with Crippen molar-refractivity contribution in [2.24, 2.45) is 0 Å². The molecule has 1 amide bonds. The number of aromatic nitrogens is 1. The third-order valence-corrected chi connectivity index (χ3v) is 3.51. The Morgan fingerprint density at radius 3 is 2.76 bits per heavy atom. The molecular formula is C19H17FN2O3. The average molecular weight is 340 g/mol. The van der Waals surface area contributed by atoms with E-state index in [9.17, 15) is 9.18 Å². The summed E-state index contributed by atoms with van der Waals surface area (Å²) in [6.45, 7) is 2.10. The lowest BCUT2D eigenvalue weighted by molar-refractivity contribution is -0.123. The van der Waals surface area contributed by atoms with Gasteiger partial charge in [-0.3, -0.25) is 4.79 Å². The van der Waals surface area contributed by atoms with Crippen LogP contribution in [0.15, 0.2) is 59.1 Å². The number of amides is 1. The maximum absolute atomic E-state index is 12.9. The molecule has 0 atom stereocenters. The summed E-state index contributed by atoms with van der Waals surface area (Å²) in [5.41, 5.74) is 2.35. The van der Waals surface area contributed by atoms with Crippen molar-refractivity contribution in [2.45, 2.75) is 13.5 Å². The predicted octanol–water partition coefficient (Wildman–Crippen LogP) is 3.48. The Kier molecular flexibility index (Phi) is 5.09. The summed E-state index contributed by atoms with van der Waals surface area (Å²) in [6.07, 6.45) is 0. The molecule has 1 aromatic heterocycles. The van der Waals surface area contributed by atoms with Gasteiger partial charge in [0.2, 0.25) is 0 Å². The summed E-state index contributed by atoms with van der Waals surface area (Å²) in [7, 11) is 0. The third kappa shape index (κ3) is 4.67. The normalized spacial score (nSPS) is 10.5. The van der Waals surface area contributed by atoms with E-state index in [-0.39, 0.29) is 24.9 Å². The van der Waals surface area contributed by atoms with Crippen LogP contribution in [0.25, 0.3) is 11.3 Å². The fourth-order valence-electron chi connectivity index (χ4n) is 2.24. The van der Waals surface area contributed by atoms with Gasteiger partial charge in [0.15, 0.2) is 12.4 Å². The van der Waals surface area contributed by atoms with Crippen molar-refractivity contribution >= 4 is 5.91 Å². The van der Waals surface area contributed by atoms with Crippen LogP contribution in [0.5, 0.6) is 5.75 Å². The van der Waals surface area contributed by atoms with E-state index in [1.54, 1.807) is 24.3 Å². The second-order valence-corrected chi connectivity index (χ2v) is 5.57. The molecule has 6 heteroatoms. The lowest BCUT2D eigenvalue weighted by atomic mass is 10.1. The van der Waals surface area contributed by atoms with E-state index in [2.05, 4.69) is 10.5 Å². The fourth-order valence-corrected chi connectivity index (χ4v) is 2.24. The molecule has 0 spiro atoms. The number of nitrogens with one attached hydrogen (secondary N) is 1. The number of hydrogen-bond acceptors (Lipinski definition) is 4. The van der Waals surface area contributed by atoms with Gasteiger partial charge in [-0.1, -0.05) is 17.3 Å². The van der Waals surface area contributed by atoms with Crippen LogP contribution in [0.4, 0.5) is 4.39 Å². The summed E-state index contributed by atoms with van der Waals surface area (Å²) >= 11 is 0. The van der Waals surface area contributed by atoms with Crippen molar-refractivity contribution in [1.29, 1.82) is 0 Å². The Morgan fingerprint density at radius 2 is 2.00 bits per heavy atom. The van der Waals surface area contributed by atoms with Gasteiger partial charge in [-0.05, 0) is 48.9 Å². The average Bonchev–Trinajstić information content (AvgIpc) is 3.08. The van der Waals surface area contributed by atoms with Gasteiger partial charge in [-0.2, -0.15) is 0 Å². The molecule has 0 aliphatic heterocycles. The summed E-state index contributed by atoms with van der Waals surface area (Å²) in [5, 5.41) is 6.60. The lowest BCUT2D eigenvalue weighted by Crippen LogP contribution is -2.28. The summed E-state index contributed by atoms with van der Waals surface area (Å²) in [6, 6.07) is 15.1. The highest BCUT2D eigenvalue weighted by Gasteiger charge is 2.09. The topological polar surface area (TPSA) is 64.4 Å². The minimum atomic E-state index is -0.315. The number of halogens is 1. The fraction of sp³-hybridized carbons (Fsp3) is 0.158. The smallest absolute Gasteiger partial charge is 0.258 e. The highest BCUT2D eigenvalue weighted by atomic mass is 19.1. The van der Waals surface area contributed by atoms with Crippen LogP contribution in [0.2, 0.25) is 0 Å². The van der Waals surface area contributed by atoms with Gasteiger partial charge >= 0.3 is 0 Å². The van der Waals surface area contributed by atoms with Crippen LogP contribution in [0, 0.1) is 12.7 Å². The lowest BCUT2D eigenvalue weighted by Gasteiger charge is -2.06. The van der Waals surface area contributed by atoms with Crippen LogP contribution >= 0.6 is 0 Å². The van der Waals surface area contributed by atoms with Crippen LogP contribution in [0.1, 0.15) is 11.3 Å². The number of nitrogens with zero attached hydrogens (tertiary/aromatic N) is 1. The molecule has 0 aliphatic rings. The zero-order valence-electron chi connectivity index (χ0n) is 13.7. The first-order valence-corrected chi connectivity index (χ1v) is 7.78. The summed E-state index contributed by atoms with van der Waals surface area (Å²) in [5.74, 6) is 0.590. The van der Waals surface area contributed by atoms with E-state index in [1.807, 2.05) is 25.1 Å². The Morgan fingerprint density at radius 1 is 1.20 bits per heavy atom. The van der Waals surface area contributed by atoms with Gasteiger partial charge in [-0.15, -0.1) is 0 Å². The number of rotatable bonds is 6. The number of aryl methyl sites for hydroxylation is 1. The van der Waals surface area contributed by atoms with Crippen molar-refractivity contribution < 1.29 is 18.4 Å². The molecule has 3 rings (SSSR count). The number of hydrogen-bond donors (Lipinski definition) is 1. The van der Waals surface area contributed by atoms with Gasteiger partial charge in [0.1, 0.15) is 17.3 Å². The Hall–Kier alpha value is -3.15. The van der Waals surface area contributed by atoms with Crippen molar-refractivity contribution in [1.82, 2.24) is 10.5 Å². The molecule has 5 nitrogen and oxygen atoms in total. The van der Waals surface area contributed by atoms with E-state index >= 15 is 0 Å². The molecule has 3 aromatic rings. The number of benzene rings is 2. The first-order valence-electron chi connectivity index (χ1n) is 7.78. The molecule has 25 heavy (non-hydrogen) atoms. The van der Waals surface area contributed by atoms with Crippen LogP contribution in [-0.4, -0.2) is 17.7 Å². The largest absolute Gasteiger partial charge is 0.484 e. The van der Waals surface area contributed by atoms with Crippen LogP contribution in [0.3, 0.4) is 0 Å². The van der Waals surface area contributed by atoms with E-state index in [0.29, 0.717) is 22.8 Å². The first-order chi connectivity index (χ1) is 12.1. The van der Waals surface area contributed by atoms with Crippen molar-refractivity contribution in [3.05, 3.63) is 71.7 Å².